The van der Waals surface area contributed by atoms with Crippen LogP contribution < -0.4 is 5.32 Å². The zero-order chi connectivity index (χ0) is 16.0. The molecular formula is C13H20N4O3S. The van der Waals surface area contributed by atoms with E-state index in [1.807, 2.05) is 20.1 Å². The highest BCUT2D eigenvalue weighted by Crippen LogP contribution is 2.22. The second kappa shape index (κ2) is 7.82. The molecule has 0 fully saturated rings. The van der Waals surface area contributed by atoms with Gasteiger partial charge in [0.15, 0.2) is 0 Å². The number of nitrogens with one attached hydrogen (secondary N) is 1. The molecule has 0 saturated carbocycles. The lowest BCUT2D eigenvalue weighted by molar-refractivity contribution is -0.385. The second-order valence-corrected chi connectivity index (χ2v) is 5.51. The smallest absolute Gasteiger partial charge is 0.300 e. The summed E-state index contributed by atoms with van der Waals surface area (Å²) in [6.45, 7) is 4.42. The summed E-state index contributed by atoms with van der Waals surface area (Å²) in [4.78, 5) is 28.5. The Balaban J connectivity index is 3.15. The number of aromatic nitrogens is 1. The summed E-state index contributed by atoms with van der Waals surface area (Å²) in [5.74, 6) is 0.850. The van der Waals surface area contributed by atoms with Crippen molar-refractivity contribution < 1.29 is 9.72 Å². The first-order chi connectivity index (χ1) is 9.92. The molecule has 1 amide bonds. The standard InChI is InChI=1S/C13H20N4O3S/c1-5-14-12-6-10(11(7-15-12)17(19)20)13(18)16(3)9(2)8-21-4/h6-7,9H,5,8H2,1-4H3,(H,14,15). The maximum atomic E-state index is 12.5. The number of rotatable bonds is 7. The van der Waals surface area contributed by atoms with Crippen LogP contribution in [-0.4, -0.2) is 52.4 Å². The van der Waals surface area contributed by atoms with Crippen molar-refractivity contribution in [1.29, 1.82) is 0 Å². The molecule has 0 saturated heterocycles. The van der Waals surface area contributed by atoms with Crippen molar-refractivity contribution >= 4 is 29.2 Å². The summed E-state index contributed by atoms with van der Waals surface area (Å²) in [7, 11) is 1.65. The summed E-state index contributed by atoms with van der Waals surface area (Å²) in [6, 6.07) is 1.43. The van der Waals surface area contributed by atoms with Crippen molar-refractivity contribution in [3.05, 3.63) is 27.9 Å². The quantitative estimate of drug-likeness (QED) is 0.613. The van der Waals surface area contributed by atoms with Gasteiger partial charge in [0.1, 0.15) is 17.6 Å². The minimum absolute atomic E-state index is 0.0112. The van der Waals surface area contributed by atoms with Crippen molar-refractivity contribution in [3.8, 4) is 0 Å². The molecule has 0 spiro atoms. The molecule has 1 aromatic rings. The molecule has 1 rings (SSSR count). The van der Waals surface area contributed by atoms with Crippen LogP contribution in [0.15, 0.2) is 12.3 Å². The van der Waals surface area contributed by atoms with Crippen LogP contribution in [0.4, 0.5) is 11.5 Å². The van der Waals surface area contributed by atoms with Gasteiger partial charge in [-0.2, -0.15) is 11.8 Å². The van der Waals surface area contributed by atoms with E-state index in [4.69, 9.17) is 0 Å². The van der Waals surface area contributed by atoms with Gasteiger partial charge >= 0.3 is 0 Å². The number of pyridine rings is 1. The van der Waals surface area contributed by atoms with Crippen LogP contribution in [0.3, 0.4) is 0 Å². The number of nitrogens with zero attached hydrogens (tertiary/aromatic N) is 3. The zero-order valence-corrected chi connectivity index (χ0v) is 13.4. The highest BCUT2D eigenvalue weighted by Gasteiger charge is 2.26. The maximum absolute atomic E-state index is 12.5. The van der Waals surface area contributed by atoms with E-state index in [2.05, 4.69) is 10.3 Å². The first-order valence-corrected chi connectivity index (χ1v) is 7.96. The third kappa shape index (κ3) is 4.32. The Morgan fingerprint density at radius 3 is 2.81 bits per heavy atom. The SMILES string of the molecule is CCNc1cc(C(=O)N(C)C(C)CSC)c([N+](=O)[O-])cn1. The van der Waals surface area contributed by atoms with Crippen LogP contribution >= 0.6 is 11.8 Å². The Hall–Kier alpha value is -1.83. The number of anilines is 1. The predicted octanol–water partition coefficient (Wildman–Crippen LogP) is 2.25. The highest BCUT2D eigenvalue weighted by molar-refractivity contribution is 7.98. The fourth-order valence-electron chi connectivity index (χ4n) is 1.79. The first-order valence-electron chi connectivity index (χ1n) is 6.56. The van der Waals surface area contributed by atoms with Gasteiger partial charge in [0.2, 0.25) is 0 Å². The van der Waals surface area contributed by atoms with E-state index < -0.39 is 4.92 Å². The summed E-state index contributed by atoms with van der Waals surface area (Å²) < 4.78 is 0. The lowest BCUT2D eigenvalue weighted by Gasteiger charge is -2.24. The van der Waals surface area contributed by atoms with Gasteiger partial charge in [0.05, 0.1) is 4.92 Å². The van der Waals surface area contributed by atoms with Gasteiger partial charge in [0.25, 0.3) is 11.6 Å². The third-order valence-corrected chi connectivity index (χ3v) is 3.87. The van der Waals surface area contributed by atoms with Gasteiger partial charge in [-0.15, -0.1) is 0 Å². The Morgan fingerprint density at radius 2 is 2.29 bits per heavy atom. The Labute approximate surface area is 128 Å². The van der Waals surface area contributed by atoms with Crippen molar-refractivity contribution in [1.82, 2.24) is 9.88 Å². The lowest BCUT2D eigenvalue weighted by atomic mass is 10.1. The van der Waals surface area contributed by atoms with Gasteiger partial charge < -0.3 is 10.2 Å². The van der Waals surface area contributed by atoms with Crippen LogP contribution in [0.5, 0.6) is 0 Å². The largest absolute Gasteiger partial charge is 0.370 e. The van der Waals surface area contributed by atoms with Crippen molar-refractivity contribution in [3.63, 3.8) is 0 Å². The van der Waals surface area contributed by atoms with Crippen LogP contribution in [-0.2, 0) is 0 Å². The molecule has 0 aliphatic heterocycles. The number of hydrogen-bond acceptors (Lipinski definition) is 6. The van der Waals surface area contributed by atoms with Gasteiger partial charge in [-0.25, -0.2) is 4.98 Å². The van der Waals surface area contributed by atoms with E-state index >= 15 is 0 Å². The number of amides is 1. The Bertz CT molecular complexity index is 524. The average molecular weight is 312 g/mol. The van der Waals surface area contributed by atoms with Crippen LogP contribution in [0.2, 0.25) is 0 Å². The first kappa shape index (κ1) is 17.2. The molecule has 1 heterocycles. The number of thioether (sulfide) groups is 1. The van der Waals surface area contributed by atoms with E-state index in [1.54, 1.807) is 18.8 Å². The van der Waals surface area contributed by atoms with Gasteiger partial charge in [-0.05, 0) is 20.1 Å². The second-order valence-electron chi connectivity index (χ2n) is 4.59. The fraction of sp³-hybridized carbons (Fsp3) is 0.538. The van der Waals surface area contributed by atoms with Crippen molar-refractivity contribution in [2.45, 2.75) is 19.9 Å². The predicted molar refractivity (Wildman–Crippen MR) is 85.0 cm³/mol. The van der Waals surface area contributed by atoms with Gasteiger partial charge in [0, 0.05) is 31.5 Å². The summed E-state index contributed by atoms with van der Waals surface area (Å²) in [5.41, 5.74) is -0.216. The van der Waals surface area contributed by atoms with E-state index in [0.29, 0.717) is 12.4 Å². The van der Waals surface area contributed by atoms with Gasteiger partial charge in [-0.3, -0.25) is 14.9 Å². The number of nitro groups is 1. The normalized spacial score (nSPS) is 11.8. The average Bonchev–Trinajstić information content (AvgIpc) is 2.46. The highest BCUT2D eigenvalue weighted by atomic mass is 32.2. The van der Waals surface area contributed by atoms with Gasteiger partial charge in [-0.1, -0.05) is 0 Å². The molecule has 0 aromatic carbocycles. The van der Waals surface area contributed by atoms with E-state index in [-0.39, 0.29) is 23.2 Å². The lowest BCUT2D eigenvalue weighted by Crippen LogP contribution is -2.37. The molecule has 116 valence electrons. The zero-order valence-electron chi connectivity index (χ0n) is 12.6. The molecule has 0 bridgehead atoms. The van der Waals surface area contributed by atoms with Crippen molar-refractivity contribution in [2.75, 3.05) is 30.9 Å². The summed E-state index contributed by atoms with van der Waals surface area (Å²) in [6.07, 6.45) is 3.07. The molecule has 21 heavy (non-hydrogen) atoms. The minimum atomic E-state index is -0.580. The van der Waals surface area contributed by atoms with Crippen LogP contribution in [0.1, 0.15) is 24.2 Å². The van der Waals surface area contributed by atoms with E-state index in [9.17, 15) is 14.9 Å². The molecule has 1 N–H and O–H groups in total. The third-order valence-electron chi connectivity index (χ3n) is 3.06. The fourth-order valence-corrected chi connectivity index (χ4v) is 2.49. The Morgan fingerprint density at radius 1 is 1.62 bits per heavy atom. The molecule has 0 aliphatic carbocycles. The molecule has 0 aliphatic rings. The monoisotopic (exact) mass is 312 g/mol. The summed E-state index contributed by atoms with van der Waals surface area (Å²) >= 11 is 1.62. The number of carbonyl (C=O) groups is 1. The van der Waals surface area contributed by atoms with E-state index in [1.165, 1.54) is 11.0 Å². The molecule has 1 atom stereocenters. The van der Waals surface area contributed by atoms with Crippen molar-refractivity contribution in [2.24, 2.45) is 0 Å². The number of hydrogen-bond donors (Lipinski definition) is 1. The topological polar surface area (TPSA) is 88.4 Å². The molecule has 7 nitrogen and oxygen atoms in total. The van der Waals surface area contributed by atoms with Crippen LogP contribution in [0, 0.1) is 10.1 Å². The van der Waals surface area contributed by atoms with E-state index in [0.717, 1.165) is 11.9 Å². The number of carbonyl (C=O) groups excluding carboxylic acids is 1. The Kier molecular flexibility index (Phi) is 6.41. The molecule has 1 unspecified atom stereocenters. The maximum Gasteiger partial charge on any atom is 0.300 e. The minimum Gasteiger partial charge on any atom is -0.370 e. The summed E-state index contributed by atoms with van der Waals surface area (Å²) in [5, 5.41) is 14.0. The molecular weight excluding hydrogens is 292 g/mol. The molecule has 0 radical (unpaired) electrons. The molecule has 8 heteroatoms. The van der Waals surface area contributed by atoms with Crippen LogP contribution in [0.25, 0.3) is 0 Å². The molecule has 1 aromatic heterocycles.